The highest BCUT2D eigenvalue weighted by atomic mass is 16.7. The second-order valence-corrected chi connectivity index (χ2v) is 2.86. The fraction of sp³-hybridized carbons (Fsp3) is 0.889. The van der Waals surface area contributed by atoms with Gasteiger partial charge in [-0.3, -0.25) is 4.79 Å². The van der Waals surface area contributed by atoms with E-state index in [0.29, 0.717) is 0 Å². The lowest BCUT2D eigenvalue weighted by Crippen LogP contribution is -2.44. The first-order chi connectivity index (χ1) is 5.79. The highest BCUT2D eigenvalue weighted by Gasteiger charge is 2.29. The molecule has 0 aromatic carbocycles. The van der Waals surface area contributed by atoms with Gasteiger partial charge in [0.25, 0.3) is 0 Å². The van der Waals surface area contributed by atoms with Crippen LogP contribution in [0, 0.1) is 0 Å². The van der Waals surface area contributed by atoms with Crippen molar-refractivity contribution in [1.29, 1.82) is 0 Å². The van der Waals surface area contributed by atoms with Crippen molar-refractivity contribution < 1.29 is 14.4 Å². The number of carbonyl (C=O) groups excluding carboxylic acids is 1. The number of carbonyl (C=O) groups is 1. The van der Waals surface area contributed by atoms with Gasteiger partial charge in [0.1, 0.15) is 6.04 Å². The Bertz CT molecular complexity index is 161. The summed E-state index contributed by atoms with van der Waals surface area (Å²) in [6.07, 6.45) is 2.99. The summed E-state index contributed by atoms with van der Waals surface area (Å²) >= 11 is 0. The van der Waals surface area contributed by atoms with Crippen molar-refractivity contribution >= 4 is 5.97 Å². The molecule has 0 amide bonds. The molecule has 0 bridgehead atoms. The van der Waals surface area contributed by atoms with Gasteiger partial charge >= 0.3 is 5.97 Å². The average Bonchev–Trinajstić information content (AvgIpc) is 2.16. The van der Waals surface area contributed by atoms with Crippen molar-refractivity contribution in [3.8, 4) is 0 Å². The molecule has 1 unspecified atom stereocenters. The number of ether oxygens (including phenoxy) is 1. The number of hydrogen-bond donors (Lipinski definition) is 0. The number of rotatable bonds is 2. The molecule has 13 heavy (non-hydrogen) atoms. The van der Waals surface area contributed by atoms with Gasteiger partial charge in [0.15, 0.2) is 0 Å². The second kappa shape index (κ2) is 5.94. The summed E-state index contributed by atoms with van der Waals surface area (Å²) in [5, 5.41) is 1.69. The van der Waals surface area contributed by atoms with Crippen molar-refractivity contribution in [2.75, 3.05) is 20.8 Å². The van der Waals surface area contributed by atoms with Crippen molar-refractivity contribution in [3.05, 3.63) is 0 Å². The summed E-state index contributed by atoms with van der Waals surface area (Å²) in [6, 6.07) is -0.200. The SMILES string of the molecule is C.COC(=O)C1CCCCN1OC. The Morgan fingerprint density at radius 1 is 1.38 bits per heavy atom. The molecule has 4 nitrogen and oxygen atoms in total. The highest BCUT2D eigenvalue weighted by molar-refractivity contribution is 5.75. The molecular formula is C9H19NO3. The monoisotopic (exact) mass is 189 g/mol. The van der Waals surface area contributed by atoms with Crippen LogP contribution in [0.2, 0.25) is 0 Å². The van der Waals surface area contributed by atoms with Gasteiger partial charge in [-0.15, -0.1) is 0 Å². The summed E-state index contributed by atoms with van der Waals surface area (Å²) < 4.78 is 4.66. The lowest BCUT2D eigenvalue weighted by Gasteiger charge is -2.31. The van der Waals surface area contributed by atoms with Crippen LogP contribution in [0.4, 0.5) is 0 Å². The zero-order valence-electron chi connectivity index (χ0n) is 7.58. The van der Waals surface area contributed by atoms with Crippen LogP contribution >= 0.6 is 0 Å². The molecule has 1 aliphatic rings. The molecular weight excluding hydrogens is 170 g/mol. The lowest BCUT2D eigenvalue weighted by atomic mass is 10.1. The van der Waals surface area contributed by atoms with Crippen molar-refractivity contribution in [3.63, 3.8) is 0 Å². The van der Waals surface area contributed by atoms with Gasteiger partial charge in [0.05, 0.1) is 14.2 Å². The predicted octanol–water partition coefficient (Wildman–Crippen LogP) is 1.21. The smallest absolute Gasteiger partial charge is 0.325 e. The predicted molar refractivity (Wildman–Crippen MR) is 50.1 cm³/mol. The Hall–Kier alpha value is -0.610. The van der Waals surface area contributed by atoms with Crippen LogP contribution in [-0.4, -0.2) is 37.8 Å². The van der Waals surface area contributed by atoms with E-state index in [-0.39, 0.29) is 19.4 Å². The highest BCUT2D eigenvalue weighted by Crippen LogP contribution is 2.17. The largest absolute Gasteiger partial charge is 0.468 e. The number of hydrogen-bond acceptors (Lipinski definition) is 4. The molecule has 1 rings (SSSR count). The molecule has 0 N–H and O–H groups in total. The van der Waals surface area contributed by atoms with Crippen LogP contribution in [0.5, 0.6) is 0 Å². The molecule has 4 heteroatoms. The first-order valence-corrected chi connectivity index (χ1v) is 4.18. The van der Waals surface area contributed by atoms with Crippen LogP contribution < -0.4 is 0 Å². The van der Waals surface area contributed by atoms with E-state index < -0.39 is 0 Å². The van der Waals surface area contributed by atoms with E-state index in [0.717, 1.165) is 25.8 Å². The van der Waals surface area contributed by atoms with Crippen LogP contribution in [0.15, 0.2) is 0 Å². The molecule has 1 heterocycles. The first kappa shape index (κ1) is 12.4. The molecule has 78 valence electrons. The second-order valence-electron chi connectivity index (χ2n) is 2.86. The topological polar surface area (TPSA) is 38.8 Å². The third-order valence-electron chi connectivity index (χ3n) is 2.16. The Labute approximate surface area is 79.8 Å². The van der Waals surface area contributed by atoms with Crippen molar-refractivity contribution in [2.45, 2.75) is 32.7 Å². The molecule has 1 fully saturated rings. The molecule has 1 aliphatic heterocycles. The van der Waals surface area contributed by atoms with Gasteiger partial charge in [0, 0.05) is 6.54 Å². The van der Waals surface area contributed by atoms with Gasteiger partial charge in [-0.05, 0) is 19.3 Å². The Morgan fingerprint density at radius 2 is 2.08 bits per heavy atom. The Kier molecular flexibility index (Phi) is 5.66. The standard InChI is InChI=1S/C8H15NO3.CH4/c1-11-8(10)7-5-3-4-6-9(7)12-2;/h7H,3-6H2,1-2H3;1H4. The maximum absolute atomic E-state index is 11.2. The minimum absolute atomic E-state index is 0. The molecule has 0 radical (unpaired) electrons. The molecule has 1 saturated heterocycles. The van der Waals surface area contributed by atoms with Gasteiger partial charge < -0.3 is 9.57 Å². The number of nitrogens with zero attached hydrogens (tertiary/aromatic N) is 1. The summed E-state index contributed by atoms with van der Waals surface area (Å²) in [6.45, 7) is 0.816. The Balaban J connectivity index is 0.00000144. The summed E-state index contributed by atoms with van der Waals surface area (Å²) in [7, 11) is 2.99. The average molecular weight is 189 g/mol. The minimum Gasteiger partial charge on any atom is -0.468 e. The zero-order chi connectivity index (χ0) is 8.97. The van der Waals surface area contributed by atoms with Crippen molar-refractivity contribution in [2.24, 2.45) is 0 Å². The number of esters is 1. The van der Waals surface area contributed by atoms with Gasteiger partial charge in [-0.1, -0.05) is 7.43 Å². The normalized spacial score (nSPS) is 23.4. The maximum Gasteiger partial charge on any atom is 0.325 e. The number of hydroxylamine groups is 2. The zero-order valence-corrected chi connectivity index (χ0v) is 7.58. The Morgan fingerprint density at radius 3 is 2.62 bits per heavy atom. The summed E-state index contributed by atoms with van der Waals surface area (Å²) in [4.78, 5) is 16.3. The van der Waals surface area contributed by atoms with Gasteiger partial charge in [-0.25, -0.2) is 0 Å². The molecule has 0 saturated carbocycles. The first-order valence-electron chi connectivity index (χ1n) is 4.18. The molecule has 0 aliphatic carbocycles. The quantitative estimate of drug-likeness (QED) is 0.612. The minimum atomic E-state index is -0.200. The molecule has 1 atom stereocenters. The summed E-state index contributed by atoms with van der Waals surface area (Å²) in [5.74, 6) is -0.198. The summed E-state index contributed by atoms with van der Waals surface area (Å²) in [5.41, 5.74) is 0. The van der Waals surface area contributed by atoms with Crippen molar-refractivity contribution in [1.82, 2.24) is 5.06 Å². The maximum atomic E-state index is 11.2. The van der Waals surface area contributed by atoms with Crippen LogP contribution in [0.3, 0.4) is 0 Å². The van der Waals surface area contributed by atoms with E-state index in [4.69, 9.17) is 4.84 Å². The van der Waals surface area contributed by atoms with E-state index in [1.807, 2.05) is 0 Å². The van der Waals surface area contributed by atoms with Crippen LogP contribution in [0.1, 0.15) is 26.7 Å². The van der Waals surface area contributed by atoms with Gasteiger partial charge in [0.2, 0.25) is 0 Å². The molecule has 0 aromatic rings. The number of methoxy groups -OCH3 is 1. The third kappa shape index (κ3) is 2.97. The van der Waals surface area contributed by atoms with E-state index in [9.17, 15) is 4.79 Å². The van der Waals surface area contributed by atoms with E-state index in [1.54, 1.807) is 12.2 Å². The lowest BCUT2D eigenvalue weighted by molar-refractivity contribution is -0.194. The molecule has 0 aromatic heterocycles. The van der Waals surface area contributed by atoms with E-state index >= 15 is 0 Å². The number of piperidine rings is 1. The third-order valence-corrected chi connectivity index (χ3v) is 2.16. The molecule has 0 spiro atoms. The van der Waals surface area contributed by atoms with Crippen LogP contribution in [-0.2, 0) is 14.4 Å². The fourth-order valence-electron chi connectivity index (χ4n) is 1.50. The van der Waals surface area contributed by atoms with Gasteiger partial charge in [-0.2, -0.15) is 5.06 Å². The fourth-order valence-corrected chi connectivity index (χ4v) is 1.50. The van der Waals surface area contributed by atoms with E-state index in [1.165, 1.54) is 7.11 Å². The van der Waals surface area contributed by atoms with E-state index in [2.05, 4.69) is 4.74 Å². The van der Waals surface area contributed by atoms with Crippen LogP contribution in [0.25, 0.3) is 0 Å².